The Balaban J connectivity index is 1.90. The molecule has 5 nitrogen and oxygen atoms in total. The van der Waals surface area contributed by atoms with Crippen molar-refractivity contribution in [1.29, 1.82) is 0 Å². The first-order chi connectivity index (χ1) is 14.6. The molecule has 0 aliphatic heterocycles. The number of halogens is 2. The summed E-state index contributed by atoms with van der Waals surface area (Å²) >= 11 is 5.81. The van der Waals surface area contributed by atoms with E-state index in [0.29, 0.717) is 0 Å². The topological polar surface area (TPSA) is 66.5 Å². The second-order valence-corrected chi connectivity index (χ2v) is 9.51. The smallest absolute Gasteiger partial charge is 0.241 e. The molecule has 0 heterocycles. The minimum Gasteiger partial charge on any atom is -0.344 e. The van der Waals surface area contributed by atoms with Gasteiger partial charge in [-0.15, -0.1) is 0 Å². The summed E-state index contributed by atoms with van der Waals surface area (Å²) in [6.45, 7) is 1.48. The number of nitrogens with one attached hydrogen (secondary N) is 1. The molecule has 1 N–H and O–H groups in total. The lowest BCUT2D eigenvalue weighted by molar-refractivity contribution is -0.120. The highest BCUT2D eigenvalue weighted by Crippen LogP contribution is 2.26. The van der Waals surface area contributed by atoms with Crippen molar-refractivity contribution < 1.29 is 17.6 Å². The first-order valence-electron chi connectivity index (χ1n) is 9.49. The number of benzene rings is 3. The van der Waals surface area contributed by atoms with Gasteiger partial charge >= 0.3 is 0 Å². The summed E-state index contributed by atoms with van der Waals surface area (Å²) in [5.41, 5.74) is 2.87. The largest absolute Gasteiger partial charge is 0.344 e. The van der Waals surface area contributed by atoms with Gasteiger partial charge in [0, 0.05) is 0 Å². The third kappa shape index (κ3) is 5.83. The molecule has 0 saturated carbocycles. The highest BCUT2D eigenvalue weighted by molar-refractivity contribution is 7.92. The van der Waals surface area contributed by atoms with E-state index < -0.39 is 34.3 Å². The van der Waals surface area contributed by atoms with Crippen LogP contribution in [0, 0.1) is 12.7 Å². The van der Waals surface area contributed by atoms with Gasteiger partial charge in [0.05, 0.1) is 23.0 Å². The van der Waals surface area contributed by atoms with Crippen LogP contribution in [0.3, 0.4) is 0 Å². The van der Waals surface area contributed by atoms with Crippen LogP contribution in [0.15, 0.2) is 72.8 Å². The molecule has 0 saturated heterocycles. The van der Waals surface area contributed by atoms with Gasteiger partial charge < -0.3 is 5.32 Å². The molecule has 0 aliphatic rings. The number of aryl methyl sites for hydroxylation is 1. The average molecular weight is 461 g/mol. The average Bonchev–Trinajstić information content (AvgIpc) is 2.72. The molecule has 0 fully saturated rings. The summed E-state index contributed by atoms with van der Waals surface area (Å²) in [6, 6.07) is 20.2. The predicted octanol–water partition coefficient (Wildman–Crippen LogP) is 4.46. The lowest BCUT2D eigenvalue weighted by Gasteiger charge is -2.25. The van der Waals surface area contributed by atoms with Crippen LogP contribution in [0.2, 0.25) is 5.02 Å². The van der Waals surface area contributed by atoms with Crippen LogP contribution in [0.25, 0.3) is 0 Å². The number of sulfonamides is 1. The van der Waals surface area contributed by atoms with E-state index in [2.05, 4.69) is 5.32 Å². The zero-order chi connectivity index (χ0) is 22.6. The van der Waals surface area contributed by atoms with Crippen LogP contribution in [0.1, 0.15) is 22.7 Å². The van der Waals surface area contributed by atoms with E-state index in [1.165, 1.54) is 12.1 Å². The molecule has 0 bridgehead atoms. The molecule has 8 heteroatoms. The van der Waals surface area contributed by atoms with Gasteiger partial charge in [-0.25, -0.2) is 12.8 Å². The van der Waals surface area contributed by atoms with Crippen molar-refractivity contribution >= 4 is 33.2 Å². The van der Waals surface area contributed by atoms with E-state index >= 15 is 0 Å². The Hall–Kier alpha value is -2.90. The summed E-state index contributed by atoms with van der Waals surface area (Å²) in [6.07, 6.45) is 0.979. The Morgan fingerprint density at radius 2 is 1.71 bits per heavy atom. The Bertz CT molecular complexity index is 1190. The quantitative estimate of drug-likeness (QED) is 0.566. The first kappa shape index (κ1) is 22.8. The van der Waals surface area contributed by atoms with Crippen molar-refractivity contribution in [3.05, 3.63) is 100 Å². The molecule has 1 amide bonds. The molecule has 1 unspecified atom stereocenters. The van der Waals surface area contributed by atoms with Crippen LogP contribution in [0.4, 0.5) is 10.1 Å². The van der Waals surface area contributed by atoms with Gasteiger partial charge in [0.1, 0.15) is 12.4 Å². The molecular formula is C23H22ClFN2O3S. The maximum Gasteiger partial charge on any atom is 0.241 e. The zero-order valence-electron chi connectivity index (χ0n) is 17.0. The second-order valence-electron chi connectivity index (χ2n) is 7.19. The van der Waals surface area contributed by atoms with E-state index in [-0.39, 0.29) is 10.7 Å². The number of amides is 1. The van der Waals surface area contributed by atoms with E-state index in [4.69, 9.17) is 11.6 Å². The van der Waals surface area contributed by atoms with Crippen molar-refractivity contribution in [2.45, 2.75) is 13.0 Å². The Morgan fingerprint density at radius 3 is 2.32 bits per heavy atom. The number of anilines is 1. The van der Waals surface area contributed by atoms with Gasteiger partial charge in [0.2, 0.25) is 15.9 Å². The summed E-state index contributed by atoms with van der Waals surface area (Å²) in [7, 11) is -3.82. The maximum absolute atomic E-state index is 13.5. The number of carbonyl (C=O) groups is 1. The molecule has 1 atom stereocenters. The molecule has 0 aliphatic carbocycles. The molecule has 31 heavy (non-hydrogen) atoms. The van der Waals surface area contributed by atoms with Crippen molar-refractivity contribution in [3.8, 4) is 0 Å². The van der Waals surface area contributed by atoms with Crippen LogP contribution in [-0.4, -0.2) is 27.1 Å². The van der Waals surface area contributed by atoms with Crippen LogP contribution in [-0.2, 0) is 14.8 Å². The monoisotopic (exact) mass is 460 g/mol. The van der Waals surface area contributed by atoms with Gasteiger partial charge in [0.15, 0.2) is 0 Å². The van der Waals surface area contributed by atoms with Crippen LogP contribution >= 0.6 is 11.6 Å². The molecule has 0 aromatic heterocycles. The molecular weight excluding hydrogens is 439 g/mol. The molecule has 3 aromatic carbocycles. The van der Waals surface area contributed by atoms with Crippen LogP contribution < -0.4 is 9.62 Å². The lowest BCUT2D eigenvalue weighted by Crippen LogP contribution is -2.41. The fraction of sp³-hybridized carbons (Fsp3) is 0.174. The SMILES string of the molecule is Cc1cccc(C(NC(=O)CN(c2ccc(F)c(Cl)c2)S(C)(=O)=O)c2ccccc2)c1. The fourth-order valence-corrected chi connectivity index (χ4v) is 4.25. The van der Waals surface area contributed by atoms with Gasteiger partial charge in [-0.3, -0.25) is 9.10 Å². The Morgan fingerprint density at radius 1 is 1.03 bits per heavy atom. The summed E-state index contributed by atoms with van der Waals surface area (Å²) in [5, 5.41) is 2.69. The minimum absolute atomic E-state index is 0.107. The van der Waals surface area contributed by atoms with Gasteiger partial charge in [0.25, 0.3) is 0 Å². The van der Waals surface area contributed by atoms with Crippen molar-refractivity contribution in [1.82, 2.24) is 5.32 Å². The Kier molecular flexibility index (Phi) is 6.97. The molecule has 0 radical (unpaired) electrons. The molecule has 3 rings (SSSR count). The maximum atomic E-state index is 13.5. The number of carbonyl (C=O) groups excluding carboxylic acids is 1. The highest BCUT2D eigenvalue weighted by atomic mass is 35.5. The van der Waals surface area contributed by atoms with Gasteiger partial charge in [-0.1, -0.05) is 71.8 Å². The number of rotatable bonds is 7. The highest BCUT2D eigenvalue weighted by Gasteiger charge is 2.24. The first-order valence-corrected chi connectivity index (χ1v) is 11.7. The normalized spacial score (nSPS) is 12.3. The molecule has 3 aromatic rings. The standard InChI is InChI=1S/C23H22ClFN2O3S/c1-16-7-6-10-18(13-16)23(17-8-4-3-5-9-17)26-22(28)15-27(31(2,29)30)19-11-12-21(25)20(24)14-19/h3-14,23H,15H2,1-2H3,(H,26,28). The number of hydrogen-bond acceptors (Lipinski definition) is 3. The van der Waals surface area contributed by atoms with E-state index in [0.717, 1.165) is 33.3 Å². The number of hydrogen-bond donors (Lipinski definition) is 1. The van der Waals surface area contributed by atoms with E-state index in [1.54, 1.807) is 0 Å². The number of nitrogens with zero attached hydrogens (tertiary/aromatic N) is 1. The predicted molar refractivity (Wildman–Crippen MR) is 121 cm³/mol. The lowest BCUT2D eigenvalue weighted by atomic mass is 9.97. The van der Waals surface area contributed by atoms with E-state index in [1.807, 2.05) is 61.5 Å². The van der Waals surface area contributed by atoms with Crippen molar-refractivity contribution in [2.24, 2.45) is 0 Å². The second kappa shape index (κ2) is 9.49. The van der Waals surface area contributed by atoms with Gasteiger partial charge in [-0.2, -0.15) is 0 Å². The third-order valence-electron chi connectivity index (χ3n) is 4.69. The fourth-order valence-electron chi connectivity index (χ4n) is 3.23. The van der Waals surface area contributed by atoms with Crippen molar-refractivity contribution in [2.75, 3.05) is 17.1 Å². The molecule has 0 spiro atoms. The van der Waals surface area contributed by atoms with E-state index in [9.17, 15) is 17.6 Å². The summed E-state index contributed by atoms with van der Waals surface area (Å²) in [4.78, 5) is 12.9. The van der Waals surface area contributed by atoms with Gasteiger partial charge in [-0.05, 0) is 36.2 Å². The minimum atomic E-state index is -3.82. The van der Waals surface area contributed by atoms with Crippen molar-refractivity contribution in [3.63, 3.8) is 0 Å². The zero-order valence-corrected chi connectivity index (χ0v) is 18.6. The Labute approximate surface area is 186 Å². The van der Waals surface area contributed by atoms with Crippen LogP contribution in [0.5, 0.6) is 0 Å². The third-order valence-corrected chi connectivity index (χ3v) is 6.12. The molecule has 162 valence electrons. The summed E-state index contributed by atoms with van der Waals surface area (Å²) < 4.78 is 39.1. The summed E-state index contributed by atoms with van der Waals surface area (Å²) in [5.74, 6) is -1.19.